The van der Waals surface area contributed by atoms with E-state index < -0.39 is 24.0 Å². The highest BCUT2D eigenvalue weighted by atomic mass is 127. The number of hydrogen-bond donors (Lipinski definition) is 2. The molecule has 2 N–H and O–H groups in total. The largest absolute Gasteiger partial charge is 0.424 e. The van der Waals surface area contributed by atoms with Crippen LogP contribution in [-0.4, -0.2) is 57.9 Å². The summed E-state index contributed by atoms with van der Waals surface area (Å²) >= 11 is 0. The molecule has 0 bridgehead atoms. The molecule has 1 aromatic heterocycles. The Morgan fingerprint density at radius 1 is 1.28 bits per heavy atom. The van der Waals surface area contributed by atoms with Gasteiger partial charge in [-0.25, -0.2) is 4.98 Å². The van der Waals surface area contributed by atoms with Gasteiger partial charge in [-0.05, 0) is 31.6 Å². The van der Waals surface area contributed by atoms with E-state index in [0.717, 1.165) is 13.1 Å². The molecule has 166 valence electrons. The number of aryl methyl sites for hydroxylation is 1. The molecule has 0 aromatic carbocycles. The molecule has 10 heteroatoms. The first kappa shape index (κ1) is 24.2. The Labute approximate surface area is 187 Å². The minimum atomic E-state index is -4.83. The zero-order chi connectivity index (χ0) is 20.4. The smallest absolute Gasteiger partial charge is 0.374 e. The van der Waals surface area contributed by atoms with Gasteiger partial charge in [0.1, 0.15) is 5.82 Å². The van der Waals surface area contributed by atoms with Crippen molar-refractivity contribution in [3.63, 3.8) is 0 Å². The van der Waals surface area contributed by atoms with Crippen molar-refractivity contribution in [3.05, 3.63) is 18.2 Å². The summed E-state index contributed by atoms with van der Waals surface area (Å²) in [5, 5.41) is 13.7. The van der Waals surface area contributed by atoms with Crippen LogP contribution in [0.25, 0.3) is 0 Å². The van der Waals surface area contributed by atoms with Crippen LogP contribution in [0, 0.1) is 11.8 Å². The maximum absolute atomic E-state index is 13.6. The number of nitrogens with zero attached hydrogens (tertiary/aromatic N) is 4. The van der Waals surface area contributed by atoms with Crippen molar-refractivity contribution in [2.24, 2.45) is 23.9 Å². The van der Waals surface area contributed by atoms with Gasteiger partial charge in [0.2, 0.25) is 5.60 Å². The molecule has 0 radical (unpaired) electrons. The standard InChI is InChI=1S/C19H30F3N5O.HI/c1-3-23-17(27-12-14-6-4-5-7-15(14)13-27)25-9-8-18(28,19(20,21)22)16-24-10-11-26(16)2;/h10-11,14-15,28H,3-9,12-13H2,1-2H3,(H,23,25);1H. The fourth-order valence-electron chi connectivity index (χ4n) is 4.47. The second-order valence-corrected chi connectivity index (χ2v) is 7.92. The lowest BCUT2D eigenvalue weighted by Crippen LogP contribution is -2.45. The maximum Gasteiger partial charge on any atom is 0.424 e. The highest BCUT2D eigenvalue weighted by Gasteiger charge is 2.57. The normalized spacial score (nSPS) is 24.6. The molecule has 1 saturated heterocycles. The molecule has 2 aliphatic rings. The summed E-state index contributed by atoms with van der Waals surface area (Å²) in [7, 11) is 1.44. The number of aliphatic imine (C=N–C) groups is 1. The monoisotopic (exact) mass is 529 g/mol. The number of guanidine groups is 1. The molecule has 3 rings (SSSR count). The lowest BCUT2D eigenvalue weighted by atomic mass is 9.82. The average molecular weight is 529 g/mol. The predicted molar refractivity (Wildman–Crippen MR) is 116 cm³/mol. The van der Waals surface area contributed by atoms with E-state index in [0.29, 0.717) is 24.3 Å². The first-order valence-electron chi connectivity index (χ1n) is 10.1. The molecule has 2 fully saturated rings. The highest BCUT2D eigenvalue weighted by Crippen LogP contribution is 2.41. The van der Waals surface area contributed by atoms with E-state index in [1.807, 2.05) is 6.92 Å². The predicted octanol–water partition coefficient (Wildman–Crippen LogP) is 3.27. The molecule has 3 unspecified atom stereocenters. The number of halogens is 4. The van der Waals surface area contributed by atoms with Crippen molar-refractivity contribution in [1.82, 2.24) is 19.8 Å². The maximum atomic E-state index is 13.6. The summed E-state index contributed by atoms with van der Waals surface area (Å²) in [5.41, 5.74) is -3.02. The summed E-state index contributed by atoms with van der Waals surface area (Å²) < 4.78 is 42.1. The minimum Gasteiger partial charge on any atom is -0.374 e. The van der Waals surface area contributed by atoms with Gasteiger partial charge in [0.15, 0.2) is 5.96 Å². The van der Waals surface area contributed by atoms with E-state index in [1.54, 1.807) is 0 Å². The van der Waals surface area contributed by atoms with Gasteiger partial charge in [-0.2, -0.15) is 13.2 Å². The molecule has 2 heterocycles. The first-order chi connectivity index (χ1) is 13.3. The first-order valence-corrected chi connectivity index (χ1v) is 10.1. The van der Waals surface area contributed by atoms with Gasteiger partial charge in [-0.15, -0.1) is 24.0 Å². The van der Waals surface area contributed by atoms with Crippen molar-refractivity contribution in [3.8, 4) is 0 Å². The van der Waals surface area contributed by atoms with Gasteiger partial charge >= 0.3 is 6.18 Å². The fourth-order valence-corrected chi connectivity index (χ4v) is 4.47. The number of nitrogens with one attached hydrogen (secondary N) is 1. The molecular weight excluding hydrogens is 498 g/mol. The second-order valence-electron chi connectivity index (χ2n) is 7.92. The molecule has 1 saturated carbocycles. The van der Waals surface area contributed by atoms with E-state index in [4.69, 9.17) is 0 Å². The summed E-state index contributed by atoms with van der Waals surface area (Å²) in [5.74, 6) is 1.53. The Morgan fingerprint density at radius 3 is 2.38 bits per heavy atom. The van der Waals surface area contributed by atoms with Crippen molar-refractivity contribution < 1.29 is 18.3 Å². The van der Waals surface area contributed by atoms with Gasteiger partial charge in [-0.1, -0.05) is 12.8 Å². The van der Waals surface area contributed by atoms with Crippen LogP contribution in [0.15, 0.2) is 17.4 Å². The van der Waals surface area contributed by atoms with Crippen LogP contribution in [-0.2, 0) is 12.6 Å². The Hall–Kier alpha value is -1.04. The van der Waals surface area contributed by atoms with Gasteiger partial charge in [0.25, 0.3) is 0 Å². The number of hydrogen-bond acceptors (Lipinski definition) is 3. The lowest BCUT2D eigenvalue weighted by molar-refractivity contribution is -0.272. The Morgan fingerprint density at radius 2 is 1.90 bits per heavy atom. The number of aliphatic hydroxyl groups is 1. The van der Waals surface area contributed by atoms with Gasteiger partial charge in [-0.3, -0.25) is 4.99 Å². The molecule has 6 nitrogen and oxygen atoms in total. The number of alkyl halides is 3. The molecule has 1 aromatic rings. The molecule has 0 spiro atoms. The SMILES string of the molecule is CCNC(=NCCC(O)(c1nccn1C)C(F)(F)F)N1CC2CCCCC2C1.I. The zero-order valence-electron chi connectivity index (χ0n) is 17.0. The Kier molecular flexibility index (Phi) is 8.23. The summed E-state index contributed by atoms with van der Waals surface area (Å²) in [6.07, 6.45) is 2.19. The van der Waals surface area contributed by atoms with E-state index in [-0.39, 0.29) is 30.5 Å². The quantitative estimate of drug-likeness (QED) is 0.349. The van der Waals surface area contributed by atoms with Gasteiger partial charge in [0.05, 0.1) is 0 Å². The van der Waals surface area contributed by atoms with Gasteiger partial charge in [0, 0.05) is 52.0 Å². The average Bonchev–Trinajstić information content (AvgIpc) is 3.26. The van der Waals surface area contributed by atoms with Crippen molar-refractivity contribution in [2.75, 3.05) is 26.2 Å². The molecular formula is C19H31F3IN5O. The number of rotatable bonds is 5. The lowest BCUT2D eigenvalue weighted by Gasteiger charge is -2.29. The molecule has 1 aliphatic carbocycles. The third-order valence-corrected chi connectivity index (χ3v) is 6.01. The molecule has 0 amide bonds. The molecule has 29 heavy (non-hydrogen) atoms. The van der Waals surface area contributed by atoms with E-state index in [1.165, 1.54) is 49.7 Å². The zero-order valence-corrected chi connectivity index (χ0v) is 19.3. The van der Waals surface area contributed by atoms with Crippen LogP contribution in [0.4, 0.5) is 13.2 Å². The van der Waals surface area contributed by atoms with Crippen LogP contribution < -0.4 is 5.32 Å². The number of imidazole rings is 1. The van der Waals surface area contributed by atoms with Crippen molar-refractivity contribution >= 4 is 29.9 Å². The highest BCUT2D eigenvalue weighted by molar-refractivity contribution is 14.0. The number of likely N-dealkylation sites (tertiary alicyclic amines) is 1. The molecule has 1 aliphatic heterocycles. The minimum absolute atomic E-state index is 0. The molecule has 3 atom stereocenters. The second kappa shape index (κ2) is 9.84. The summed E-state index contributed by atoms with van der Waals surface area (Å²) in [6, 6.07) is 0. The summed E-state index contributed by atoms with van der Waals surface area (Å²) in [6.45, 7) is 4.25. The summed E-state index contributed by atoms with van der Waals surface area (Å²) in [4.78, 5) is 10.3. The van der Waals surface area contributed by atoms with Crippen molar-refractivity contribution in [1.29, 1.82) is 0 Å². The number of fused-ring (bicyclic) bond motifs is 1. The van der Waals surface area contributed by atoms with Crippen LogP contribution in [0.3, 0.4) is 0 Å². The van der Waals surface area contributed by atoms with Crippen LogP contribution in [0.5, 0.6) is 0 Å². The van der Waals surface area contributed by atoms with E-state index in [9.17, 15) is 18.3 Å². The Bertz CT molecular complexity index is 682. The fraction of sp³-hybridized carbons (Fsp3) is 0.789. The topological polar surface area (TPSA) is 65.7 Å². The Balaban J connectivity index is 0.00000300. The van der Waals surface area contributed by atoms with Crippen LogP contribution in [0.1, 0.15) is 44.9 Å². The van der Waals surface area contributed by atoms with Crippen LogP contribution in [0.2, 0.25) is 0 Å². The number of aromatic nitrogens is 2. The van der Waals surface area contributed by atoms with Crippen molar-refractivity contribution in [2.45, 2.75) is 50.8 Å². The third-order valence-electron chi connectivity index (χ3n) is 6.01. The third kappa shape index (κ3) is 5.18. The van der Waals surface area contributed by atoms with Crippen LogP contribution >= 0.6 is 24.0 Å². The van der Waals surface area contributed by atoms with E-state index >= 15 is 0 Å². The van der Waals surface area contributed by atoms with E-state index in [2.05, 4.69) is 20.2 Å². The van der Waals surface area contributed by atoms with Gasteiger partial charge < -0.3 is 19.9 Å².